The first-order valence-corrected chi connectivity index (χ1v) is 9.49. The maximum absolute atomic E-state index is 12.2. The molecule has 2 aromatic rings. The number of rotatable bonds is 6. The van der Waals surface area contributed by atoms with Crippen LogP contribution < -0.4 is 10.6 Å². The molecule has 0 aliphatic carbocycles. The van der Waals surface area contributed by atoms with Gasteiger partial charge in [0, 0.05) is 25.7 Å². The molecule has 2 N–H and O–H groups in total. The van der Waals surface area contributed by atoms with Gasteiger partial charge in [0.15, 0.2) is 0 Å². The predicted octanol–water partition coefficient (Wildman–Crippen LogP) is 3.90. The van der Waals surface area contributed by atoms with Crippen LogP contribution in [0.4, 0.5) is 4.79 Å². The highest BCUT2D eigenvalue weighted by molar-refractivity contribution is 5.86. The molecule has 0 bridgehead atoms. The molecule has 1 aliphatic rings. The molecular weight excluding hydrogens is 310 g/mol. The van der Waals surface area contributed by atoms with Crippen LogP contribution in [0.5, 0.6) is 0 Å². The summed E-state index contributed by atoms with van der Waals surface area (Å²) in [5.41, 5.74) is 1.16. The van der Waals surface area contributed by atoms with Crippen LogP contribution in [-0.4, -0.2) is 36.6 Å². The maximum atomic E-state index is 12.2. The number of carbonyl (C=O) groups excluding carboxylic acids is 1. The van der Waals surface area contributed by atoms with E-state index in [0.29, 0.717) is 12.6 Å². The van der Waals surface area contributed by atoms with E-state index in [9.17, 15) is 4.79 Å². The summed E-state index contributed by atoms with van der Waals surface area (Å²) in [6.07, 6.45) is 4.61. The van der Waals surface area contributed by atoms with Crippen molar-refractivity contribution in [3.63, 3.8) is 0 Å². The number of amides is 2. The predicted molar refractivity (Wildman–Crippen MR) is 104 cm³/mol. The molecule has 1 fully saturated rings. The molecule has 2 aromatic carbocycles. The summed E-state index contributed by atoms with van der Waals surface area (Å²) in [6.45, 7) is 6.16. The zero-order chi connectivity index (χ0) is 17.5. The van der Waals surface area contributed by atoms with E-state index in [1.165, 1.54) is 30.2 Å². The minimum atomic E-state index is -0.0556. The SMILES string of the molecule is CCCCN1CCC(NC(=O)NCc2cccc3ccccc23)CC1. The summed E-state index contributed by atoms with van der Waals surface area (Å²) in [4.78, 5) is 14.7. The third-order valence-corrected chi connectivity index (χ3v) is 5.07. The number of likely N-dealkylation sites (tertiary alicyclic amines) is 1. The maximum Gasteiger partial charge on any atom is 0.315 e. The van der Waals surface area contributed by atoms with Gasteiger partial charge in [-0.1, -0.05) is 55.8 Å². The van der Waals surface area contributed by atoms with Crippen molar-refractivity contribution in [3.8, 4) is 0 Å². The number of nitrogens with one attached hydrogen (secondary N) is 2. The number of carbonyl (C=O) groups is 1. The average Bonchev–Trinajstić information content (AvgIpc) is 2.66. The number of hydrogen-bond donors (Lipinski definition) is 2. The zero-order valence-electron chi connectivity index (χ0n) is 15.1. The molecular formula is C21H29N3O. The molecule has 3 rings (SSSR count). The summed E-state index contributed by atoms with van der Waals surface area (Å²) in [6, 6.07) is 14.8. The lowest BCUT2D eigenvalue weighted by atomic mass is 10.0. The second-order valence-corrected chi connectivity index (χ2v) is 6.93. The minimum Gasteiger partial charge on any atom is -0.335 e. The topological polar surface area (TPSA) is 44.4 Å². The fraction of sp³-hybridized carbons (Fsp3) is 0.476. The Morgan fingerprint density at radius 1 is 1.12 bits per heavy atom. The highest BCUT2D eigenvalue weighted by atomic mass is 16.2. The van der Waals surface area contributed by atoms with Gasteiger partial charge in [-0.25, -0.2) is 4.79 Å². The first kappa shape index (κ1) is 17.7. The molecule has 25 heavy (non-hydrogen) atoms. The van der Waals surface area contributed by atoms with Crippen LogP contribution >= 0.6 is 0 Å². The minimum absolute atomic E-state index is 0.0556. The number of hydrogen-bond acceptors (Lipinski definition) is 2. The number of piperidine rings is 1. The average molecular weight is 339 g/mol. The third-order valence-electron chi connectivity index (χ3n) is 5.07. The quantitative estimate of drug-likeness (QED) is 0.838. The van der Waals surface area contributed by atoms with Crippen molar-refractivity contribution in [1.29, 1.82) is 0 Å². The van der Waals surface area contributed by atoms with Crippen molar-refractivity contribution in [1.82, 2.24) is 15.5 Å². The van der Waals surface area contributed by atoms with Crippen LogP contribution in [-0.2, 0) is 6.54 Å². The van der Waals surface area contributed by atoms with E-state index in [-0.39, 0.29) is 6.03 Å². The Balaban J connectivity index is 1.45. The molecule has 1 heterocycles. The fourth-order valence-corrected chi connectivity index (χ4v) is 3.54. The number of fused-ring (bicyclic) bond motifs is 1. The lowest BCUT2D eigenvalue weighted by Gasteiger charge is -2.32. The molecule has 0 saturated carbocycles. The Hall–Kier alpha value is -2.07. The smallest absolute Gasteiger partial charge is 0.315 e. The Kier molecular flexibility index (Phi) is 6.29. The van der Waals surface area contributed by atoms with E-state index in [0.717, 1.165) is 31.5 Å². The van der Waals surface area contributed by atoms with Crippen molar-refractivity contribution in [2.24, 2.45) is 0 Å². The van der Waals surface area contributed by atoms with Crippen LogP contribution in [0.1, 0.15) is 38.2 Å². The monoisotopic (exact) mass is 339 g/mol. The van der Waals surface area contributed by atoms with Crippen LogP contribution in [0.3, 0.4) is 0 Å². The van der Waals surface area contributed by atoms with Gasteiger partial charge >= 0.3 is 6.03 Å². The summed E-state index contributed by atoms with van der Waals surface area (Å²) in [5, 5.41) is 8.57. The lowest BCUT2D eigenvalue weighted by molar-refractivity contribution is 0.190. The van der Waals surface area contributed by atoms with Crippen LogP contribution in [0, 0.1) is 0 Å². The first-order chi connectivity index (χ1) is 12.3. The van der Waals surface area contributed by atoms with E-state index < -0.39 is 0 Å². The van der Waals surface area contributed by atoms with Gasteiger partial charge in [0.2, 0.25) is 0 Å². The second kappa shape index (κ2) is 8.86. The Labute approximate surface area is 150 Å². The molecule has 0 aromatic heterocycles. The van der Waals surface area contributed by atoms with E-state index in [1.54, 1.807) is 0 Å². The van der Waals surface area contributed by atoms with Crippen molar-refractivity contribution in [2.45, 2.75) is 45.2 Å². The number of unbranched alkanes of at least 4 members (excludes halogenated alkanes) is 1. The number of urea groups is 1. The molecule has 0 unspecified atom stereocenters. The summed E-state index contributed by atoms with van der Waals surface area (Å²) in [7, 11) is 0. The highest BCUT2D eigenvalue weighted by Gasteiger charge is 2.20. The molecule has 4 nitrogen and oxygen atoms in total. The molecule has 134 valence electrons. The molecule has 0 radical (unpaired) electrons. The van der Waals surface area contributed by atoms with Crippen LogP contribution in [0.2, 0.25) is 0 Å². The third kappa shape index (κ3) is 4.95. The first-order valence-electron chi connectivity index (χ1n) is 9.49. The summed E-state index contributed by atoms with van der Waals surface area (Å²) >= 11 is 0. The highest BCUT2D eigenvalue weighted by Crippen LogP contribution is 2.18. The van der Waals surface area contributed by atoms with E-state index >= 15 is 0 Å². The van der Waals surface area contributed by atoms with Crippen molar-refractivity contribution in [3.05, 3.63) is 48.0 Å². The van der Waals surface area contributed by atoms with Crippen molar-refractivity contribution in [2.75, 3.05) is 19.6 Å². The Bertz CT molecular complexity index is 687. The molecule has 4 heteroatoms. The largest absolute Gasteiger partial charge is 0.335 e. The molecule has 1 aliphatic heterocycles. The Morgan fingerprint density at radius 3 is 2.68 bits per heavy atom. The van der Waals surface area contributed by atoms with Gasteiger partial charge < -0.3 is 15.5 Å². The lowest BCUT2D eigenvalue weighted by Crippen LogP contribution is -2.47. The molecule has 0 spiro atoms. The van der Waals surface area contributed by atoms with E-state index in [4.69, 9.17) is 0 Å². The van der Waals surface area contributed by atoms with Gasteiger partial charge in [0.25, 0.3) is 0 Å². The van der Waals surface area contributed by atoms with Crippen molar-refractivity contribution >= 4 is 16.8 Å². The summed E-state index contributed by atoms with van der Waals surface area (Å²) < 4.78 is 0. The van der Waals surface area contributed by atoms with Gasteiger partial charge in [0.1, 0.15) is 0 Å². The van der Waals surface area contributed by atoms with Crippen LogP contribution in [0.25, 0.3) is 10.8 Å². The molecule has 1 saturated heterocycles. The zero-order valence-corrected chi connectivity index (χ0v) is 15.1. The van der Waals surface area contributed by atoms with Gasteiger partial charge in [-0.15, -0.1) is 0 Å². The standard InChI is InChI=1S/C21H29N3O/c1-2-3-13-24-14-11-19(12-15-24)23-21(25)22-16-18-9-6-8-17-7-4-5-10-20(17)18/h4-10,19H,2-3,11-16H2,1H3,(H2,22,23,25). The number of nitrogens with zero attached hydrogens (tertiary/aromatic N) is 1. The molecule has 0 atom stereocenters. The molecule has 2 amide bonds. The van der Waals surface area contributed by atoms with Gasteiger partial charge in [-0.3, -0.25) is 0 Å². The number of benzene rings is 2. The fourth-order valence-electron chi connectivity index (χ4n) is 3.54. The van der Waals surface area contributed by atoms with Crippen LogP contribution in [0.15, 0.2) is 42.5 Å². The second-order valence-electron chi connectivity index (χ2n) is 6.93. The van der Waals surface area contributed by atoms with E-state index in [2.05, 4.69) is 46.7 Å². The Morgan fingerprint density at radius 2 is 1.88 bits per heavy atom. The van der Waals surface area contributed by atoms with Gasteiger partial charge in [-0.2, -0.15) is 0 Å². The van der Waals surface area contributed by atoms with E-state index in [1.807, 2.05) is 18.2 Å². The van der Waals surface area contributed by atoms with Gasteiger partial charge in [0.05, 0.1) is 0 Å². The van der Waals surface area contributed by atoms with Gasteiger partial charge in [-0.05, 0) is 42.1 Å². The van der Waals surface area contributed by atoms with Crippen molar-refractivity contribution < 1.29 is 4.79 Å². The summed E-state index contributed by atoms with van der Waals surface area (Å²) in [5.74, 6) is 0. The normalized spacial score (nSPS) is 16.0.